The fourth-order valence-electron chi connectivity index (χ4n) is 2.17. The zero-order valence-corrected chi connectivity index (χ0v) is 16.8. The molecule has 3 aromatic rings. The summed E-state index contributed by atoms with van der Waals surface area (Å²) in [6, 6.07) is 10.8. The second-order valence-corrected chi connectivity index (χ2v) is 7.66. The molecule has 9 heteroatoms. The molecule has 0 saturated heterocycles. The van der Waals surface area contributed by atoms with Crippen molar-refractivity contribution >= 4 is 61.5 Å². The summed E-state index contributed by atoms with van der Waals surface area (Å²) < 4.78 is 14.4. The summed E-state index contributed by atoms with van der Waals surface area (Å²) in [5, 5.41) is 7.73. The van der Waals surface area contributed by atoms with Crippen LogP contribution in [0, 0.1) is 5.82 Å². The molecule has 138 valence electrons. The summed E-state index contributed by atoms with van der Waals surface area (Å²) in [5.41, 5.74) is 1.01. The Morgan fingerprint density at radius 3 is 2.59 bits per heavy atom. The van der Waals surface area contributed by atoms with E-state index in [2.05, 4.69) is 31.5 Å². The number of halogens is 3. The maximum atomic E-state index is 13.8. The van der Waals surface area contributed by atoms with Gasteiger partial charge in [0, 0.05) is 20.4 Å². The number of carbonyl (C=O) groups excluding carboxylic acids is 2. The van der Waals surface area contributed by atoms with Gasteiger partial charge in [-0.1, -0.05) is 27.5 Å². The maximum absolute atomic E-state index is 13.8. The van der Waals surface area contributed by atoms with E-state index in [4.69, 9.17) is 11.6 Å². The van der Waals surface area contributed by atoms with Gasteiger partial charge in [-0.05, 0) is 42.5 Å². The molecule has 5 nitrogen and oxygen atoms in total. The molecule has 27 heavy (non-hydrogen) atoms. The number of rotatable bonds is 5. The largest absolute Gasteiger partial charge is 0.323 e. The van der Waals surface area contributed by atoms with Gasteiger partial charge in [-0.3, -0.25) is 14.9 Å². The summed E-state index contributed by atoms with van der Waals surface area (Å²) in [6.07, 6.45) is -0.0389. The van der Waals surface area contributed by atoms with Gasteiger partial charge in [0.05, 0.1) is 17.8 Å². The molecule has 2 aromatic carbocycles. The maximum Gasteiger partial charge on any atom is 0.257 e. The van der Waals surface area contributed by atoms with E-state index in [1.807, 2.05) is 0 Å². The topological polar surface area (TPSA) is 71.1 Å². The van der Waals surface area contributed by atoms with Gasteiger partial charge >= 0.3 is 0 Å². The number of anilines is 2. The van der Waals surface area contributed by atoms with E-state index in [0.717, 1.165) is 0 Å². The average molecular weight is 469 g/mol. The number of benzene rings is 2. The first-order valence-electron chi connectivity index (χ1n) is 7.67. The molecule has 0 unspecified atom stereocenters. The van der Waals surface area contributed by atoms with Gasteiger partial charge in [0.2, 0.25) is 5.91 Å². The van der Waals surface area contributed by atoms with Gasteiger partial charge in [0.1, 0.15) is 5.82 Å². The Hall–Kier alpha value is -2.29. The molecule has 2 amide bonds. The van der Waals surface area contributed by atoms with Crippen LogP contribution in [0.5, 0.6) is 0 Å². The zero-order chi connectivity index (χ0) is 19.4. The van der Waals surface area contributed by atoms with Crippen molar-refractivity contribution in [3.63, 3.8) is 0 Å². The Morgan fingerprint density at radius 2 is 1.89 bits per heavy atom. The molecule has 3 rings (SSSR count). The molecule has 0 atom stereocenters. The fraction of sp³-hybridized carbons (Fsp3) is 0.0556. The van der Waals surface area contributed by atoms with Crippen LogP contribution < -0.4 is 10.6 Å². The van der Waals surface area contributed by atoms with Gasteiger partial charge in [-0.25, -0.2) is 9.37 Å². The molecule has 1 heterocycles. The van der Waals surface area contributed by atoms with Crippen molar-refractivity contribution in [2.24, 2.45) is 0 Å². The number of nitrogens with one attached hydrogen (secondary N) is 2. The summed E-state index contributed by atoms with van der Waals surface area (Å²) >= 11 is 10.2. The number of carbonyl (C=O) groups is 2. The second kappa shape index (κ2) is 8.60. The van der Waals surface area contributed by atoms with Crippen LogP contribution in [-0.4, -0.2) is 16.8 Å². The summed E-state index contributed by atoms with van der Waals surface area (Å²) in [5.74, 6) is -1.27. The van der Waals surface area contributed by atoms with Gasteiger partial charge < -0.3 is 5.32 Å². The van der Waals surface area contributed by atoms with Crippen molar-refractivity contribution in [1.82, 2.24) is 4.98 Å². The molecule has 0 spiro atoms. The van der Waals surface area contributed by atoms with E-state index in [1.54, 1.807) is 35.7 Å². The molecule has 0 fully saturated rings. The third kappa shape index (κ3) is 5.35. The van der Waals surface area contributed by atoms with E-state index >= 15 is 0 Å². The lowest BCUT2D eigenvalue weighted by molar-refractivity contribution is -0.115. The van der Waals surface area contributed by atoms with Gasteiger partial charge in [0.15, 0.2) is 5.13 Å². The molecule has 2 N–H and O–H groups in total. The molecule has 0 aliphatic rings. The number of hydrogen-bond donors (Lipinski definition) is 2. The van der Waals surface area contributed by atoms with Crippen LogP contribution in [0.4, 0.5) is 15.2 Å². The van der Waals surface area contributed by atoms with E-state index < -0.39 is 11.7 Å². The zero-order valence-electron chi connectivity index (χ0n) is 13.6. The van der Waals surface area contributed by atoms with Crippen LogP contribution in [0.3, 0.4) is 0 Å². The molecule has 0 aliphatic carbocycles. The van der Waals surface area contributed by atoms with E-state index in [9.17, 15) is 14.0 Å². The van der Waals surface area contributed by atoms with E-state index in [-0.39, 0.29) is 18.0 Å². The summed E-state index contributed by atoms with van der Waals surface area (Å²) in [6.45, 7) is 0. The predicted molar refractivity (Wildman–Crippen MR) is 108 cm³/mol. The first-order chi connectivity index (χ1) is 12.9. The molecular formula is C18H12BrClFN3O2S. The highest BCUT2D eigenvalue weighted by Gasteiger charge is 2.13. The highest BCUT2D eigenvalue weighted by molar-refractivity contribution is 9.10. The lowest BCUT2D eigenvalue weighted by Crippen LogP contribution is -2.16. The Labute approximate surface area is 171 Å². The van der Waals surface area contributed by atoms with Gasteiger partial charge in [-0.2, -0.15) is 0 Å². The number of amides is 2. The lowest BCUT2D eigenvalue weighted by Gasteiger charge is -2.05. The van der Waals surface area contributed by atoms with Crippen LogP contribution >= 0.6 is 38.9 Å². The van der Waals surface area contributed by atoms with Crippen LogP contribution in [-0.2, 0) is 11.2 Å². The van der Waals surface area contributed by atoms with Crippen molar-refractivity contribution in [2.45, 2.75) is 6.42 Å². The predicted octanol–water partition coefficient (Wildman–Crippen LogP) is 5.13. The monoisotopic (exact) mass is 467 g/mol. The van der Waals surface area contributed by atoms with Crippen molar-refractivity contribution in [1.29, 1.82) is 0 Å². The first-order valence-corrected chi connectivity index (χ1v) is 9.72. The Bertz CT molecular complexity index is 995. The number of nitrogens with zero attached hydrogens (tertiary/aromatic N) is 1. The number of hydrogen-bond acceptors (Lipinski definition) is 4. The van der Waals surface area contributed by atoms with Crippen LogP contribution in [0.15, 0.2) is 52.3 Å². The summed E-state index contributed by atoms with van der Waals surface area (Å²) in [7, 11) is 0. The third-order valence-corrected chi connectivity index (χ3v) is 4.98. The second-order valence-electron chi connectivity index (χ2n) is 5.45. The standard InChI is InChI=1S/C18H12BrClFN3O2S/c19-11-3-6-15(14(21)7-11)23-16(25)8-13-9-27-18(22-13)24-17(26)10-1-4-12(20)5-2-10/h1-7,9H,8H2,(H,23,25)(H,22,24,26). The smallest absolute Gasteiger partial charge is 0.257 e. The van der Waals surface area contributed by atoms with Crippen LogP contribution in [0.1, 0.15) is 16.1 Å². The van der Waals surface area contributed by atoms with E-state index in [0.29, 0.717) is 25.9 Å². The Balaban J connectivity index is 1.59. The van der Waals surface area contributed by atoms with E-state index in [1.165, 1.54) is 23.5 Å². The third-order valence-electron chi connectivity index (χ3n) is 3.43. The lowest BCUT2D eigenvalue weighted by atomic mass is 10.2. The highest BCUT2D eigenvalue weighted by Crippen LogP contribution is 2.21. The average Bonchev–Trinajstić information content (AvgIpc) is 3.04. The Morgan fingerprint density at radius 1 is 1.15 bits per heavy atom. The highest BCUT2D eigenvalue weighted by atomic mass is 79.9. The SMILES string of the molecule is O=C(Cc1csc(NC(=O)c2ccc(Cl)cc2)n1)Nc1ccc(Br)cc1F. The van der Waals surface area contributed by atoms with Crippen molar-refractivity contribution < 1.29 is 14.0 Å². The molecule has 1 aromatic heterocycles. The molecule has 0 saturated carbocycles. The molecule has 0 radical (unpaired) electrons. The van der Waals surface area contributed by atoms with Crippen molar-refractivity contribution in [3.05, 3.63) is 74.4 Å². The van der Waals surface area contributed by atoms with Gasteiger partial charge in [0.25, 0.3) is 5.91 Å². The number of aromatic nitrogens is 1. The van der Waals surface area contributed by atoms with Crippen molar-refractivity contribution in [2.75, 3.05) is 10.6 Å². The normalized spacial score (nSPS) is 10.5. The Kier molecular flexibility index (Phi) is 6.20. The van der Waals surface area contributed by atoms with Gasteiger partial charge in [-0.15, -0.1) is 11.3 Å². The minimum atomic E-state index is -0.535. The quantitative estimate of drug-likeness (QED) is 0.545. The summed E-state index contributed by atoms with van der Waals surface area (Å²) in [4.78, 5) is 28.4. The molecular weight excluding hydrogens is 457 g/mol. The molecule has 0 aliphatic heterocycles. The fourth-order valence-corrected chi connectivity index (χ4v) is 3.33. The minimum absolute atomic E-state index is 0.0389. The van der Waals surface area contributed by atoms with Crippen LogP contribution in [0.2, 0.25) is 5.02 Å². The van der Waals surface area contributed by atoms with Crippen LogP contribution in [0.25, 0.3) is 0 Å². The minimum Gasteiger partial charge on any atom is -0.323 e. The van der Waals surface area contributed by atoms with Crippen molar-refractivity contribution in [3.8, 4) is 0 Å². The molecule has 0 bridgehead atoms. The first kappa shape index (κ1) is 19.5. The number of thiazole rings is 1.